The van der Waals surface area contributed by atoms with Crippen LogP contribution in [0, 0.1) is 17.0 Å². The normalized spacial score (nSPS) is 14.3. The number of benzene rings is 2. The van der Waals surface area contributed by atoms with Gasteiger partial charge in [0.2, 0.25) is 11.8 Å². The van der Waals surface area contributed by atoms with Crippen molar-refractivity contribution >= 4 is 33.9 Å². The number of non-ortho nitro benzene ring substituents is 1. The van der Waals surface area contributed by atoms with Crippen molar-refractivity contribution in [1.82, 2.24) is 15.0 Å². The zero-order chi connectivity index (χ0) is 24.4. The zero-order valence-corrected chi connectivity index (χ0v) is 19.2. The molecular formula is C25H24N6O4. The van der Waals surface area contributed by atoms with E-state index in [0.717, 1.165) is 22.2 Å². The fourth-order valence-corrected chi connectivity index (χ4v) is 4.32. The Morgan fingerprint density at radius 1 is 1.09 bits per heavy atom. The molecule has 0 unspecified atom stereocenters. The second-order valence-electron chi connectivity index (χ2n) is 8.54. The topological polar surface area (TPSA) is 118 Å². The Kier molecular flexibility index (Phi) is 6.11. The highest BCUT2D eigenvalue weighted by molar-refractivity contribution is 5.99. The highest BCUT2D eigenvalue weighted by Crippen LogP contribution is 2.33. The first-order chi connectivity index (χ1) is 17.0. The predicted molar refractivity (Wildman–Crippen MR) is 132 cm³/mol. The van der Waals surface area contributed by atoms with Gasteiger partial charge in [0.05, 0.1) is 16.9 Å². The van der Waals surface area contributed by atoms with Crippen LogP contribution in [0.15, 0.2) is 65.4 Å². The molecule has 178 valence electrons. The van der Waals surface area contributed by atoms with Gasteiger partial charge in [-0.3, -0.25) is 30.1 Å². The molecule has 1 saturated heterocycles. The Labute approximate surface area is 201 Å². The van der Waals surface area contributed by atoms with E-state index < -0.39 is 0 Å². The highest BCUT2D eigenvalue weighted by Gasteiger charge is 2.23. The number of aryl methyl sites for hydroxylation is 1. The number of nitro benzene ring substituents is 1. The van der Waals surface area contributed by atoms with Gasteiger partial charge >= 0.3 is 0 Å². The van der Waals surface area contributed by atoms with E-state index in [4.69, 9.17) is 4.52 Å². The summed E-state index contributed by atoms with van der Waals surface area (Å²) in [6, 6.07) is 14.8. The lowest BCUT2D eigenvalue weighted by molar-refractivity contribution is -0.383. The van der Waals surface area contributed by atoms with Gasteiger partial charge < -0.3 is 9.42 Å². The monoisotopic (exact) mass is 472 g/mol. The Morgan fingerprint density at radius 3 is 2.60 bits per heavy atom. The van der Waals surface area contributed by atoms with Crippen LogP contribution >= 0.6 is 0 Å². The molecule has 1 fully saturated rings. The summed E-state index contributed by atoms with van der Waals surface area (Å²) in [6.07, 6.45) is 3.18. The molecule has 2 aromatic heterocycles. The number of fused-ring (bicyclic) bond motifs is 1. The minimum atomic E-state index is -0.386. The number of piperazine rings is 1. The summed E-state index contributed by atoms with van der Waals surface area (Å²) in [5.41, 5.74) is 3.72. The molecule has 1 aliphatic rings. The average Bonchev–Trinajstić information content (AvgIpc) is 3.32. The quantitative estimate of drug-likeness (QED) is 0.332. The number of nitrogens with one attached hydrogen (secondary N) is 1. The molecule has 0 atom stereocenters. The third-order valence-corrected chi connectivity index (χ3v) is 6.17. The van der Waals surface area contributed by atoms with Gasteiger partial charge in [-0.15, -0.1) is 0 Å². The van der Waals surface area contributed by atoms with Gasteiger partial charge in [-0.05, 0) is 19.1 Å². The highest BCUT2D eigenvalue weighted by atomic mass is 16.6. The first-order valence-corrected chi connectivity index (χ1v) is 11.3. The first kappa shape index (κ1) is 22.5. The van der Waals surface area contributed by atoms with Crippen LogP contribution < -0.4 is 10.2 Å². The van der Waals surface area contributed by atoms with Crippen molar-refractivity contribution in [2.45, 2.75) is 6.92 Å². The second-order valence-corrected chi connectivity index (χ2v) is 8.54. The van der Waals surface area contributed by atoms with Crippen LogP contribution in [0.2, 0.25) is 0 Å². The smallest absolute Gasteiger partial charge is 0.278 e. The van der Waals surface area contributed by atoms with Crippen LogP contribution in [0.5, 0.6) is 0 Å². The Morgan fingerprint density at radius 2 is 1.86 bits per heavy atom. The number of anilines is 2. The minimum Gasteiger partial charge on any atom is -0.368 e. The standard InChI is InChI=1S/C25H24N6O4/c1-17-2-4-18(5-3-17)21-14-25(35-28-21)27-24(32)16-29-10-12-30(13-11-29)22-6-7-23(31(33)34)20-15-26-9-8-19(20)22/h2-9,14-15H,10-13,16H2,1H3,(H,27,32). The molecule has 0 saturated carbocycles. The summed E-state index contributed by atoms with van der Waals surface area (Å²) in [4.78, 5) is 31.9. The molecule has 0 aliphatic carbocycles. The van der Waals surface area contributed by atoms with Gasteiger partial charge in [-0.2, -0.15) is 0 Å². The van der Waals surface area contributed by atoms with Crippen LogP contribution in [0.25, 0.3) is 22.0 Å². The molecule has 10 nitrogen and oxygen atoms in total. The third-order valence-electron chi connectivity index (χ3n) is 6.17. The number of nitrogens with zero attached hydrogens (tertiary/aromatic N) is 5. The van der Waals surface area contributed by atoms with Crippen LogP contribution in [-0.4, -0.2) is 58.6 Å². The summed E-state index contributed by atoms with van der Waals surface area (Å²) in [5.74, 6) is 0.145. The third kappa shape index (κ3) is 4.82. The van der Waals surface area contributed by atoms with Crippen molar-refractivity contribution in [3.05, 3.63) is 76.6 Å². The lowest BCUT2D eigenvalue weighted by atomic mass is 10.1. The van der Waals surface area contributed by atoms with E-state index in [1.165, 1.54) is 12.3 Å². The van der Waals surface area contributed by atoms with E-state index in [1.807, 2.05) is 31.2 Å². The number of amides is 1. The number of hydrogen-bond donors (Lipinski definition) is 1. The van der Waals surface area contributed by atoms with Gasteiger partial charge in [0.1, 0.15) is 5.69 Å². The SMILES string of the molecule is Cc1ccc(-c2cc(NC(=O)CN3CCN(c4ccc([N+](=O)[O-])c5cnccc45)CC3)on2)cc1. The van der Waals surface area contributed by atoms with Crippen molar-refractivity contribution in [2.75, 3.05) is 42.9 Å². The maximum absolute atomic E-state index is 12.6. The summed E-state index contributed by atoms with van der Waals surface area (Å²) < 4.78 is 5.29. The molecule has 4 aromatic rings. The van der Waals surface area contributed by atoms with Gasteiger partial charge in [0.25, 0.3) is 5.69 Å². The molecule has 1 aliphatic heterocycles. The number of aromatic nitrogens is 2. The lowest BCUT2D eigenvalue weighted by Crippen LogP contribution is -2.48. The van der Waals surface area contributed by atoms with E-state index >= 15 is 0 Å². The van der Waals surface area contributed by atoms with Crippen molar-refractivity contribution in [3.63, 3.8) is 0 Å². The van der Waals surface area contributed by atoms with Crippen LogP contribution in [0.1, 0.15) is 5.56 Å². The van der Waals surface area contributed by atoms with Crippen LogP contribution in [-0.2, 0) is 4.79 Å². The molecule has 0 bridgehead atoms. The van der Waals surface area contributed by atoms with Gasteiger partial charge in [-0.25, -0.2) is 0 Å². The number of nitro groups is 1. The number of rotatable bonds is 6. The van der Waals surface area contributed by atoms with Crippen molar-refractivity contribution < 1.29 is 14.2 Å². The Bertz CT molecular complexity index is 1380. The molecule has 3 heterocycles. The summed E-state index contributed by atoms with van der Waals surface area (Å²) >= 11 is 0. The molecule has 0 spiro atoms. The van der Waals surface area contributed by atoms with Crippen LogP contribution in [0.4, 0.5) is 17.3 Å². The van der Waals surface area contributed by atoms with E-state index in [2.05, 4.69) is 25.3 Å². The summed E-state index contributed by atoms with van der Waals surface area (Å²) in [7, 11) is 0. The molecule has 2 aromatic carbocycles. The van der Waals surface area contributed by atoms with Crippen molar-refractivity contribution in [1.29, 1.82) is 0 Å². The largest absolute Gasteiger partial charge is 0.368 e. The van der Waals surface area contributed by atoms with Gasteiger partial charge in [0.15, 0.2) is 0 Å². The molecule has 0 radical (unpaired) electrons. The molecule has 1 N–H and O–H groups in total. The minimum absolute atomic E-state index is 0.0464. The summed E-state index contributed by atoms with van der Waals surface area (Å²) in [6.45, 7) is 5.01. The maximum atomic E-state index is 12.6. The number of carbonyl (C=O) groups is 1. The van der Waals surface area contributed by atoms with Gasteiger partial charge in [0, 0.05) is 67.3 Å². The van der Waals surface area contributed by atoms with Crippen molar-refractivity contribution in [3.8, 4) is 11.3 Å². The molecule has 10 heteroatoms. The number of hydrogen-bond acceptors (Lipinski definition) is 8. The van der Waals surface area contributed by atoms with E-state index in [9.17, 15) is 14.9 Å². The lowest BCUT2D eigenvalue weighted by Gasteiger charge is -2.36. The summed E-state index contributed by atoms with van der Waals surface area (Å²) in [5, 5.41) is 19.5. The van der Waals surface area contributed by atoms with E-state index in [0.29, 0.717) is 43.1 Å². The first-order valence-electron chi connectivity index (χ1n) is 11.3. The van der Waals surface area contributed by atoms with Crippen LogP contribution in [0.3, 0.4) is 0 Å². The number of pyridine rings is 1. The fraction of sp³-hybridized carbons (Fsp3) is 0.240. The van der Waals surface area contributed by atoms with Gasteiger partial charge in [-0.1, -0.05) is 35.0 Å². The van der Waals surface area contributed by atoms with E-state index in [-0.39, 0.29) is 23.1 Å². The Hall–Kier alpha value is -4.31. The Balaban J connectivity index is 1.19. The second kappa shape index (κ2) is 9.51. The number of carbonyl (C=O) groups excluding carboxylic acids is 1. The molecule has 35 heavy (non-hydrogen) atoms. The predicted octanol–water partition coefficient (Wildman–Crippen LogP) is 3.87. The zero-order valence-electron chi connectivity index (χ0n) is 19.2. The molecular weight excluding hydrogens is 448 g/mol. The maximum Gasteiger partial charge on any atom is 0.278 e. The molecule has 5 rings (SSSR count). The fourth-order valence-electron chi connectivity index (χ4n) is 4.32. The molecule has 1 amide bonds. The van der Waals surface area contributed by atoms with Crippen molar-refractivity contribution in [2.24, 2.45) is 0 Å². The average molecular weight is 473 g/mol. The van der Waals surface area contributed by atoms with E-state index in [1.54, 1.807) is 24.4 Å².